The Balaban J connectivity index is 1.90. The number of pyridine rings is 1. The molecule has 0 spiro atoms. The van der Waals surface area contributed by atoms with E-state index in [2.05, 4.69) is 16.8 Å². The van der Waals surface area contributed by atoms with E-state index in [1.807, 2.05) is 24.9 Å². The predicted molar refractivity (Wildman–Crippen MR) is 127 cm³/mol. The van der Waals surface area contributed by atoms with Gasteiger partial charge < -0.3 is 19.8 Å². The maximum atomic E-state index is 13.6. The number of amides is 1. The van der Waals surface area contributed by atoms with Gasteiger partial charge >= 0.3 is 0 Å². The van der Waals surface area contributed by atoms with Crippen molar-refractivity contribution in [3.8, 4) is 17.7 Å². The number of likely N-dealkylation sites (N-methyl/N-ethyl adjacent to an activating group) is 1. The number of carbonyl (C=O) groups excluding carboxylic acids is 1. The third-order valence-electron chi connectivity index (χ3n) is 5.78. The van der Waals surface area contributed by atoms with E-state index >= 15 is 0 Å². The molecule has 0 saturated carbocycles. The highest BCUT2D eigenvalue weighted by atomic mass is 19.1. The van der Waals surface area contributed by atoms with E-state index < -0.39 is 12.1 Å². The van der Waals surface area contributed by atoms with Crippen LogP contribution in [-0.4, -0.2) is 75.9 Å². The summed E-state index contributed by atoms with van der Waals surface area (Å²) in [6, 6.07) is 7.71. The summed E-state index contributed by atoms with van der Waals surface area (Å²) in [7, 11) is 1.93. The number of aliphatic hydroxyl groups excluding tert-OH is 2. The van der Waals surface area contributed by atoms with Gasteiger partial charge in [-0.25, -0.2) is 9.37 Å². The number of aromatic nitrogens is 1. The second-order valence-electron chi connectivity index (χ2n) is 8.97. The molecule has 1 amide bonds. The lowest BCUT2D eigenvalue weighted by Crippen LogP contribution is -2.49. The summed E-state index contributed by atoms with van der Waals surface area (Å²) in [5.41, 5.74) is 1.61. The molecule has 8 heteroatoms. The average molecular weight is 470 g/mol. The van der Waals surface area contributed by atoms with Gasteiger partial charge in [-0.1, -0.05) is 30.9 Å². The molecular weight excluding hydrogens is 437 g/mol. The molecule has 1 aromatic carbocycles. The first-order chi connectivity index (χ1) is 16.2. The summed E-state index contributed by atoms with van der Waals surface area (Å²) in [4.78, 5) is 21.4. The highest BCUT2D eigenvalue weighted by Crippen LogP contribution is 2.27. The van der Waals surface area contributed by atoms with E-state index in [1.54, 1.807) is 30.9 Å². The van der Waals surface area contributed by atoms with Gasteiger partial charge in [0.15, 0.2) is 0 Å². The number of aliphatic hydroxyl groups is 2. The molecule has 34 heavy (non-hydrogen) atoms. The number of rotatable bonds is 6. The molecule has 0 saturated heterocycles. The van der Waals surface area contributed by atoms with Crippen LogP contribution in [0.15, 0.2) is 36.5 Å². The molecule has 0 radical (unpaired) electrons. The van der Waals surface area contributed by atoms with Crippen molar-refractivity contribution in [3.05, 3.63) is 59.0 Å². The van der Waals surface area contributed by atoms with Crippen molar-refractivity contribution in [3.63, 3.8) is 0 Å². The molecule has 0 fully saturated rings. The first kappa shape index (κ1) is 25.6. The van der Waals surface area contributed by atoms with Crippen molar-refractivity contribution in [2.24, 2.45) is 5.92 Å². The summed E-state index contributed by atoms with van der Waals surface area (Å²) in [5.74, 6) is 5.05. The Kier molecular flexibility index (Phi) is 8.61. The molecule has 0 bridgehead atoms. The maximum Gasteiger partial charge on any atom is 0.259 e. The number of nitrogens with zero attached hydrogens (tertiary/aromatic N) is 3. The molecule has 2 N–H and O–H groups in total. The first-order valence-electron chi connectivity index (χ1n) is 11.4. The zero-order chi connectivity index (χ0) is 24.8. The topological polar surface area (TPSA) is 86.1 Å². The number of fused-ring (bicyclic) bond motifs is 1. The Morgan fingerprint density at radius 2 is 2.12 bits per heavy atom. The first-order valence-corrected chi connectivity index (χ1v) is 11.4. The average Bonchev–Trinajstić information content (AvgIpc) is 2.79. The van der Waals surface area contributed by atoms with Crippen LogP contribution in [0.5, 0.6) is 5.88 Å². The lowest BCUT2D eigenvalue weighted by Gasteiger charge is -2.37. The Hall–Kier alpha value is -2.99. The van der Waals surface area contributed by atoms with Crippen molar-refractivity contribution < 1.29 is 24.1 Å². The van der Waals surface area contributed by atoms with E-state index in [-0.39, 0.29) is 41.8 Å². The fraction of sp³-hybridized carbons (Fsp3) is 0.462. The SMILES string of the molecule is C[C@@H]1CN([C@H](C)CO)C(=O)c2cc(C#C[C@@H](C)O)cnc2O[C@@H]1CN(C)Cc1cccc(F)c1. The van der Waals surface area contributed by atoms with E-state index in [9.17, 15) is 19.4 Å². The monoisotopic (exact) mass is 469 g/mol. The molecule has 7 nitrogen and oxygen atoms in total. The van der Waals surface area contributed by atoms with Gasteiger partial charge in [0.2, 0.25) is 5.88 Å². The molecule has 4 atom stereocenters. The predicted octanol–water partition coefficient (Wildman–Crippen LogP) is 2.31. The van der Waals surface area contributed by atoms with Crippen LogP contribution in [0.25, 0.3) is 0 Å². The normalized spacial score (nSPS) is 19.9. The highest BCUT2D eigenvalue weighted by Gasteiger charge is 2.34. The molecule has 2 heterocycles. The van der Waals surface area contributed by atoms with E-state index in [4.69, 9.17) is 4.74 Å². The van der Waals surface area contributed by atoms with Crippen molar-refractivity contribution in [1.82, 2.24) is 14.8 Å². The molecule has 3 rings (SSSR count). The fourth-order valence-corrected chi connectivity index (χ4v) is 3.90. The second kappa shape index (κ2) is 11.4. The van der Waals surface area contributed by atoms with Gasteiger partial charge in [0.05, 0.1) is 12.6 Å². The highest BCUT2D eigenvalue weighted by molar-refractivity contribution is 5.97. The minimum atomic E-state index is -0.807. The summed E-state index contributed by atoms with van der Waals surface area (Å²) >= 11 is 0. The quantitative estimate of drug-likeness (QED) is 0.632. The minimum Gasteiger partial charge on any atom is -0.472 e. The van der Waals surface area contributed by atoms with Crippen LogP contribution in [0.3, 0.4) is 0 Å². The van der Waals surface area contributed by atoms with Crippen LogP contribution < -0.4 is 4.74 Å². The minimum absolute atomic E-state index is 0.0578. The molecular formula is C26H32FN3O4. The third-order valence-corrected chi connectivity index (χ3v) is 5.78. The van der Waals surface area contributed by atoms with Gasteiger partial charge in [-0.05, 0) is 44.7 Å². The summed E-state index contributed by atoms with van der Waals surface area (Å²) in [5, 5.41) is 19.2. The molecule has 1 aromatic heterocycles. The van der Waals surface area contributed by atoms with Crippen molar-refractivity contribution in [2.45, 2.75) is 45.6 Å². The third kappa shape index (κ3) is 6.54. The maximum absolute atomic E-state index is 13.6. The molecule has 1 aliphatic rings. The van der Waals surface area contributed by atoms with Crippen LogP contribution >= 0.6 is 0 Å². The van der Waals surface area contributed by atoms with Gasteiger partial charge in [-0.15, -0.1) is 0 Å². The number of benzene rings is 1. The second-order valence-corrected chi connectivity index (χ2v) is 8.97. The number of carbonyl (C=O) groups is 1. The van der Waals surface area contributed by atoms with Gasteiger partial charge in [-0.2, -0.15) is 0 Å². The van der Waals surface area contributed by atoms with Gasteiger partial charge in [-0.3, -0.25) is 9.69 Å². The van der Waals surface area contributed by atoms with Crippen molar-refractivity contribution in [2.75, 3.05) is 26.7 Å². The van der Waals surface area contributed by atoms with E-state index in [0.717, 1.165) is 5.56 Å². The van der Waals surface area contributed by atoms with Gasteiger partial charge in [0.1, 0.15) is 23.6 Å². The molecule has 2 aromatic rings. The van der Waals surface area contributed by atoms with Crippen LogP contribution in [0.2, 0.25) is 0 Å². The molecule has 1 aliphatic heterocycles. The molecule has 182 valence electrons. The summed E-state index contributed by atoms with van der Waals surface area (Å²) in [6.07, 6.45) is 0.403. The van der Waals surface area contributed by atoms with Crippen molar-refractivity contribution in [1.29, 1.82) is 0 Å². The van der Waals surface area contributed by atoms with Crippen molar-refractivity contribution >= 4 is 5.91 Å². The Morgan fingerprint density at radius 1 is 1.35 bits per heavy atom. The molecule has 0 unspecified atom stereocenters. The van der Waals surface area contributed by atoms with Gasteiger partial charge in [0.25, 0.3) is 5.91 Å². The molecule has 0 aliphatic carbocycles. The zero-order valence-corrected chi connectivity index (χ0v) is 20.0. The Labute approximate surface area is 200 Å². The van der Waals surface area contributed by atoms with Crippen LogP contribution in [-0.2, 0) is 6.54 Å². The van der Waals surface area contributed by atoms with Crippen LogP contribution in [0.4, 0.5) is 4.39 Å². The van der Waals surface area contributed by atoms with Crippen LogP contribution in [0, 0.1) is 23.6 Å². The lowest BCUT2D eigenvalue weighted by molar-refractivity contribution is 0.0325. The van der Waals surface area contributed by atoms with E-state index in [1.165, 1.54) is 18.3 Å². The smallest absolute Gasteiger partial charge is 0.259 e. The van der Waals surface area contributed by atoms with E-state index in [0.29, 0.717) is 25.2 Å². The number of hydrogen-bond donors (Lipinski definition) is 2. The number of hydrogen-bond acceptors (Lipinski definition) is 6. The summed E-state index contributed by atoms with van der Waals surface area (Å²) < 4.78 is 19.8. The zero-order valence-electron chi connectivity index (χ0n) is 20.0. The van der Waals surface area contributed by atoms with Gasteiger partial charge in [0, 0.05) is 37.3 Å². The standard InChI is InChI=1S/C26H32FN3O4/c1-17-13-30(18(2)16-31)26(33)23-11-20(9-8-19(3)32)12-28-25(23)34-24(17)15-29(4)14-21-6-5-7-22(27)10-21/h5-7,10-12,17-19,24,31-32H,13-16H2,1-4H3/t17-,18-,19-,24-/m1/s1. The summed E-state index contributed by atoms with van der Waals surface area (Å²) in [6.45, 7) is 6.63. The Bertz CT molecular complexity index is 1070. The Morgan fingerprint density at radius 3 is 2.79 bits per heavy atom. The lowest BCUT2D eigenvalue weighted by atomic mass is 9.99. The van der Waals surface area contributed by atoms with Crippen LogP contribution in [0.1, 0.15) is 42.3 Å². The number of ether oxygens (including phenoxy) is 1. The fourth-order valence-electron chi connectivity index (χ4n) is 3.90. The number of halogens is 1. The largest absolute Gasteiger partial charge is 0.472 e.